The summed E-state index contributed by atoms with van der Waals surface area (Å²) in [7, 11) is 0. The molecular weight excluding hydrogens is 323 g/mol. The van der Waals surface area contributed by atoms with Crippen molar-refractivity contribution in [2.24, 2.45) is 5.92 Å². The predicted molar refractivity (Wildman–Crippen MR) is 90.7 cm³/mol. The molecule has 0 aromatic heterocycles. The summed E-state index contributed by atoms with van der Waals surface area (Å²) < 4.78 is 25.2. The number of benzene rings is 2. The standard InChI is InChI=1S/C19H19FN2O3/c20-18-14(2-1-3-16(18)21)10-22-9-13-6-7-15(24-11-12-4-5-12)8-17(13)25-19(22)23/h1-3,6-8,12H,4-5,9-11,21H2. The summed E-state index contributed by atoms with van der Waals surface area (Å²) in [5.74, 6) is 1.36. The zero-order valence-corrected chi connectivity index (χ0v) is 13.7. The summed E-state index contributed by atoms with van der Waals surface area (Å²) in [6.45, 7) is 1.16. The van der Waals surface area contributed by atoms with Crippen LogP contribution in [0.1, 0.15) is 24.0 Å². The second-order valence-corrected chi connectivity index (χ2v) is 6.57. The Kier molecular flexibility index (Phi) is 3.95. The lowest BCUT2D eigenvalue weighted by Gasteiger charge is -2.28. The van der Waals surface area contributed by atoms with Crippen LogP contribution in [0.4, 0.5) is 14.9 Å². The average Bonchev–Trinajstić information content (AvgIpc) is 3.42. The van der Waals surface area contributed by atoms with Crippen LogP contribution in [-0.4, -0.2) is 17.6 Å². The Morgan fingerprint density at radius 3 is 2.92 bits per heavy atom. The molecule has 2 aromatic carbocycles. The van der Waals surface area contributed by atoms with Gasteiger partial charge < -0.3 is 15.2 Å². The molecule has 1 heterocycles. The van der Waals surface area contributed by atoms with Gasteiger partial charge in [0.25, 0.3) is 0 Å². The molecule has 130 valence electrons. The van der Waals surface area contributed by atoms with Gasteiger partial charge in [0, 0.05) is 17.2 Å². The zero-order valence-electron chi connectivity index (χ0n) is 13.7. The number of nitrogen functional groups attached to an aromatic ring is 1. The number of amides is 1. The van der Waals surface area contributed by atoms with Crippen molar-refractivity contribution in [1.82, 2.24) is 4.90 Å². The molecule has 0 atom stereocenters. The molecule has 1 aliphatic heterocycles. The number of halogens is 1. The highest BCUT2D eigenvalue weighted by atomic mass is 19.1. The van der Waals surface area contributed by atoms with E-state index in [1.54, 1.807) is 18.2 Å². The first-order valence-corrected chi connectivity index (χ1v) is 8.35. The smallest absolute Gasteiger partial charge is 0.415 e. The molecular formula is C19H19FN2O3. The zero-order chi connectivity index (χ0) is 17.4. The number of rotatable bonds is 5. The third kappa shape index (κ3) is 3.38. The van der Waals surface area contributed by atoms with Gasteiger partial charge in [-0.25, -0.2) is 9.18 Å². The van der Waals surface area contributed by atoms with Crippen molar-refractivity contribution in [2.75, 3.05) is 12.3 Å². The van der Waals surface area contributed by atoms with Gasteiger partial charge in [-0.2, -0.15) is 0 Å². The van der Waals surface area contributed by atoms with Crippen LogP contribution in [0.2, 0.25) is 0 Å². The first-order chi connectivity index (χ1) is 12.1. The van der Waals surface area contributed by atoms with E-state index in [1.807, 2.05) is 12.1 Å². The third-order valence-corrected chi connectivity index (χ3v) is 4.51. The summed E-state index contributed by atoms with van der Waals surface area (Å²) in [5.41, 5.74) is 6.88. The number of ether oxygens (including phenoxy) is 2. The highest BCUT2D eigenvalue weighted by Gasteiger charge is 2.27. The van der Waals surface area contributed by atoms with Crippen molar-refractivity contribution in [2.45, 2.75) is 25.9 Å². The van der Waals surface area contributed by atoms with Crippen LogP contribution in [0.15, 0.2) is 36.4 Å². The van der Waals surface area contributed by atoms with Crippen LogP contribution in [0.5, 0.6) is 11.5 Å². The normalized spacial score (nSPS) is 16.4. The van der Waals surface area contributed by atoms with E-state index in [4.69, 9.17) is 15.2 Å². The van der Waals surface area contributed by atoms with E-state index in [0.29, 0.717) is 36.1 Å². The molecule has 25 heavy (non-hydrogen) atoms. The van der Waals surface area contributed by atoms with Crippen molar-refractivity contribution < 1.29 is 18.7 Å². The second kappa shape index (κ2) is 6.27. The van der Waals surface area contributed by atoms with Gasteiger partial charge in [-0.1, -0.05) is 12.1 Å². The average molecular weight is 342 g/mol. The van der Waals surface area contributed by atoms with Crippen molar-refractivity contribution in [1.29, 1.82) is 0 Å². The maximum absolute atomic E-state index is 14.1. The topological polar surface area (TPSA) is 64.8 Å². The van der Waals surface area contributed by atoms with Gasteiger partial charge in [-0.05, 0) is 37.0 Å². The Labute approximate surface area is 145 Å². The Morgan fingerprint density at radius 2 is 2.12 bits per heavy atom. The molecule has 1 saturated carbocycles. The number of carbonyl (C=O) groups is 1. The number of nitrogens with two attached hydrogens (primary N) is 1. The molecule has 6 heteroatoms. The van der Waals surface area contributed by atoms with E-state index in [9.17, 15) is 9.18 Å². The number of hydrogen-bond donors (Lipinski definition) is 1. The SMILES string of the molecule is Nc1cccc(CN2Cc3ccc(OCC4CC4)cc3OC2=O)c1F. The van der Waals surface area contributed by atoms with Crippen LogP contribution < -0.4 is 15.2 Å². The lowest BCUT2D eigenvalue weighted by molar-refractivity contribution is 0.134. The molecule has 0 unspecified atom stereocenters. The van der Waals surface area contributed by atoms with Crippen LogP contribution in [-0.2, 0) is 13.1 Å². The Morgan fingerprint density at radius 1 is 1.28 bits per heavy atom. The largest absolute Gasteiger partial charge is 0.493 e. The van der Waals surface area contributed by atoms with Crippen LogP contribution in [0, 0.1) is 11.7 Å². The summed E-state index contributed by atoms with van der Waals surface area (Å²) in [4.78, 5) is 13.7. The molecule has 0 spiro atoms. The van der Waals surface area contributed by atoms with E-state index < -0.39 is 11.9 Å². The van der Waals surface area contributed by atoms with Gasteiger partial charge in [0.2, 0.25) is 0 Å². The van der Waals surface area contributed by atoms with E-state index in [0.717, 1.165) is 5.56 Å². The van der Waals surface area contributed by atoms with Gasteiger partial charge in [0.1, 0.15) is 11.5 Å². The highest BCUT2D eigenvalue weighted by Crippen LogP contribution is 2.33. The summed E-state index contributed by atoms with van der Waals surface area (Å²) in [5, 5.41) is 0. The molecule has 2 aromatic rings. The van der Waals surface area contributed by atoms with E-state index in [1.165, 1.54) is 23.8 Å². The quantitative estimate of drug-likeness (QED) is 0.841. The van der Waals surface area contributed by atoms with Gasteiger partial charge in [-0.15, -0.1) is 0 Å². The van der Waals surface area contributed by atoms with Crippen molar-refractivity contribution >= 4 is 11.8 Å². The monoisotopic (exact) mass is 342 g/mol. The molecule has 1 amide bonds. The lowest BCUT2D eigenvalue weighted by atomic mass is 10.1. The molecule has 0 saturated heterocycles. The molecule has 1 fully saturated rings. The van der Waals surface area contributed by atoms with Crippen molar-refractivity contribution in [3.05, 3.63) is 53.3 Å². The van der Waals surface area contributed by atoms with E-state index in [-0.39, 0.29) is 12.2 Å². The Hall–Kier alpha value is -2.76. The minimum atomic E-state index is -0.506. The van der Waals surface area contributed by atoms with E-state index in [2.05, 4.69) is 0 Å². The van der Waals surface area contributed by atoms with Crippen LogP contribution in [0.25, 0.3) is 0 Å². The molecule has 0 bridgehead atoms. The first-order valence-electron chi connectivity index (χ1n) is 8.35. The number of anilines is 1. The van der Waals surface area contributed by atoms with Gasteiger partial charge >= 0.3 is 6.09 Å². The summed E-state index contributed by atoms with van der Waals surface area (Å²) in [6.07, 6.45) is 1.93. The third-order valence-electron chi connectivity index (χ3n) is 4.51. The lowest BCUT2D eigenvalue weighted by Crippen LogP contribution is -2.36. The fourth-order valence-electron chi connectivity index (χ4n) is 2.83. The number of fused-ring (bicyclic) bond motifs is 1. The van der Waals surface area contributed by atoms with Gasteiger partial charge in [-0.3, -0.25) is 4.90 Å². The van der Waals surface area contributed by atoms with Crippen molar-refractivity contribution in [3.63, 3.8) is 0 Å². The molecule has 5 nitrogen and oxygen atoms in total. The van der Waals surface area contributed by atoms with E-state index >= 15 is 0 Å². The molecule has 2 N–H and O–H groups in total. The summed E-state index contributed by atoms with van der Waals surface area (Å²) >= 11 is 0. The first kappa shape index (κ1) is 15.7. The second-order valence-electron chi connectivity index (χ2n) is 6.57. The van der Waals surface area contributed by atoms with Crippen LogP contribution >= 0.6 is 0 Å². The summed E-state index contributed by atoms with van der Waals surface area (Å²) in [6, 6.07) is 10.3. The number of hydrogen-bond acceptors (Lipinski definition) is 4. The Balaban J connectivity index is 1.48. The fraction of sp³-hybridized carbons (Fsp3) is 0.316. The minimum absolute atomic E-state index is 0.0701. The molecule has 2 aliphatic rings. The molecule has 1 aliphatic carbocycles. The fourth-order valence-corrected chi connectivity index (χ4v) is 2.83. The van der Waals surface area contributed by atoms with Crippen LogP contribution in [0.3, 0.4) is 0 Å². The van der Waals surface area contributed by atoms with Crippen molar-refractivity contribution in [3.8, 4) is 11.5 Å². The molecule has 0 radical (unpaired) electrons. The highest BCUT2D eigenvalue weighted by molar-refractivity contribution is 5.73. The molecule has 4 rings (SSSR count). The Bertz CT molecular complexity index is 820. The number of nitrogens with zero attached hydrogens (tertiary/aromatic N) is 1. The number of carbonyl (C=O) groups excluding carboxylic acids is 1. The maximum atomic E-state index is 14.1. The van der Waals surface area contributed by atoms with Gasteiger partial charge in [0.05, 0.1) is 25.4 Å². The maximum Gasteiger partial charge on any atom is 0.415 e. The minimum Gasteiger partial charge on any atom is -0.493 e. The predicted octanol–water partition coefficient (Wildman–Crippen LogP) is 3.71. The van der Waals surface area contributed by atoms with Gasteiger partial charge in [0.15, 0.2) is 5.82 Å².